The van der Waals surface area contributed by atoms with Gasteiger partial charge in [-0.2, -0.15) is 0 Å². The average molecular weight is 620 g/mol. The number of allylic oxidation sites excluding steroid dienone is 1. The molecule has 0 aliphatic carbocycles. The molecule has 4 rings (SSSR count). The van der Waals surface area contributed by atoms with E-state index in [1.165, 1.54) is 37.3 Å². The lowest BCUT2D eigenvalue weighted by atomic mass is 10.0. The number of carbonyl (C=O) groups excluding carboxylic acids is 3. The molecule has 1 atom stereocenters. The number of aromatic nitrogens is 2. The van der Waals surface area contributed by atoms with Crippen molar-refractivity contribution in [1.82, 2.24) is 18.9 Å². The second kappa shape index (κ2) is 14.7. The van der Waals surface area contributed by atoms with Gasteiger partial charge in [0.2, 0.25) is 5.91 Å². The van der Waals surface area contributed by atoms with Gasteiger partial charge in [0.05, 0.1) is 17.8 Å². The SMILES string of the molecule is CC(C)Cc1cccc2cc(Cn3cccc(NC(=O)C(CCC=CC(=O)N(C)C)OC(=O)N4CCCC4)c3=O)n(C(=O)O)c12. The van der Waals surface area contributed by atoms with Crippen LogP contribution in [0.25, 0.3) is 10.9 Å². The minimum absolute atomic E-state index is 0.0402. The van der Waals surface area contributed by atoms with Crippen LogP contribution in [0.5, 0.6) is 0 Å². The summed E-state index contributed by atoms with van der Waals surface area (Å²) in [7, 11) is 3.25. The number of likely N-dealkylation sites (N-methyl/N-ethyl adjacent to an activating group) is 1. The number of ether oxygens (including phenoxy) is 1. The number of para-hydroxylation sites is 1. The summed E-state index contributed by atoms with van der Waals surface area (Å²) in [5.74, 6) is -0.579. The summed E-state index contributed by atoms with van der Waals surface area (Å²) in [6.07, 6.45) is 4.32. The van der Waals surface area contributed by atoms with Crippen LogP contribution in [-0.4, -0.2) is 81.3 Å². The highest BCUT2D eigenvalue weighted by molar-refractivity contribution is 5.95. The first kappa shape index (κ1) is 33.0. The predicted molar refractivity (Wildman–Crippen MR) is 170 cm³/mol. The highest BCUT2D eigenvalue weighted by atomic mass is 16.6. The van der Waals surface area contributed by atoms with E-state index < -0.39 is 29.8 Å². The van der Waals surface area contributed by atoms with Gasteiger partial charge in [-0.15, -0.1) is 0 Å². The van der Waals surface area contributed by atoms with Crippen LogP contribution in [0.1, 0.15) is 50.8 Å². The van der Waals surface area contributed by atoms with Gasteiger partial charge in [-0.25, -0.2) is 14.2 Å². The van der Waals surface area contributed by atoms with E-state index in [0.717, 1.165) is 23.8 Å². The molecule has 1 saturated heterocycles. The first-order chi connectivity index (χ1) is 21.5. The molecular weight excluding hydrogens is 578 g/mol. The van der Waals surface area contributed by atoms with Crippen LogP contribution in [0.15, 0.2) is 59.5 Å². The van der Waals surface area contributed by atoms with Crippen molar-refractivity contribution >= 4 is 40.6 Å². The molecule has 3 heterocycles. The smallest absolute Gasteiger partial charge is 0.416 e. The van der Waals surface area contributed by atoms with E-state index in [-0.39, 0.29) is 31.0 Å². The largest absolute Gasteiger partial charge is 0.464 e. The van der Waals surface area contributed by atoms with E-state index in [1.807, 2.05) is 18.2 Å². The molecule has 1 unspecified atom stereocenters. The van der Waals surface area contributed by atoms with Gasteiger partial charge in [0.1, 0.15) is 5.69 Å². The van der Waals surface area contributed by atoms with Gasteiger partial charge in [-0.3, -0.25) is 14.4 Å². The Morgan fingerprint density at radius 1 is 1.09 bits per heavy atom. The molecule has 0 radical (unpaired) electrons. The van der Waals surface area contributed by atoms with E-state index in [2.05, 4.69) is 19.2 Å². The quantitative estimate of drug-likeness (QED) is 0.300. The zero-order valence-electron chi connectivity index (χ0n) is 26.2. The van der Waals surface area contributed by atoms with Gasteiger partial charge in [0.15, 0.2) is 6.10 Å². The number of fused-ring (bicyclic) bond motifs is 1. The fourth-order valence-electron chi connectivity index (χ4n) is 5.39. The minimum Gasteiger partial charge on any atom is -0.464 e. The Labute approximate surface area is 261 Å². The highest BCUT2D eigenvalue weighted by Gasteiger charge is 2.28. The lowest BCUT2D eigenvalue weighted by molar-refractivity contribution is -0.125. The minimum atomic E-state index is -1.21. The Balaban J connectivity index is 1.57. The topological polar surface area (TPSA) is 143 Å². The van der Waals surface area contributed by atoms with Gasteiger partial charge >= 0.3 is 12.2 Å². The number of carbonyl (C=O) groups is 4. The van der Waals surface area contributed by atoms with E-state index >= 15 is 0 Å². The molecule has 240 valence electrons. The standard InChI is InChI=1S/C33H41N5O7/c1-22(2)19-23-11-9-12-24-20-25(38(29(23)24)32(42)43)21-37-18-10-13-26(31(37)41)34-30(40)27(14-5-6-15-28(39)35(3)4)45-33(44)36-16-7-8-17-36/h6,9-13,15,18,20,22,27H,5,7-8,14,16-17,19,21H2,1-4H3,(H,34,40)(H,42,43). The van der Waals surface area contributed by atoms with Crippen LogP contribution >= 0.6 is 0 Å². The van der Waals surface area contributed by atoms with Gasteiger partial charge in [-0.05, 0) is 67.9 Å². The maximum Gasteiger partial charge on any atom is 0.416 e. The van der Waals surface area contributed by atoms with Crippen LogP contribution < -0.4 is 10.9 Å². The molecule has 0 saturated carbocycles. The molecule has 1 aliphatic rings. The van der Waals surface area contributed by atoms with Crippen molar-refractivity contribution in [3.05, 3.63) is 76.4 Å². The average Bonchev–Trinajstić information content (AvgIpc) is 3.65. The summed E-state index contributed by atoms with van der Waals surface area (Å²) >= 11 is 0. The van der Waals surface area contributed by atoms with E-state index in [0.29, 0.717) is 36.6 Å². The Kier molecular flexibility index (Phi) is 10.8. The Morgan fingerprint density at radius 3 is 2.49 bits per heavy atom. The molecule has 1 aliphatic heterocycles. The van der Waals surface area contributed by atoms with Crippen molar-refractivity contribution in [2.24, 2.45) is 5.92 Å². The first-order valence-electron chi connectivity index (χ1n) is 15.2. The summed E-state index contributed by atoms with van der Waals surface area (Å²) in [6.45, 7) is 5.16. The molecule has 45 heavy (non-hydrogen) atoms. The zero-order valence-corrected chi connectivity index (χ0v) is 26.2. The molecule has 12 nitrogen and oxygen atoms in total. The fraction of sp³-hybridized carbons (Fsp3) is 0.424. The van der Waals surface area contributed by atoms with E-state index in [4.69, 9.17) is 4.74 Å². The number of nitrogens with one attached hydrogen (secondary N) is 1. The lowest BCUT2D eigenvalue weighted by Crippen LogP contribution is -2.39. The van der Waals surface area contributed by atoms with Gasteiger partial charge in [0, 0.05) is 38.8 Å². The van der Waals surface area contributed by atoms with Crippen molar-refractivity contribution in [1.29, 1.82) is 0 Å². The maximum absolute atomic E-state index is 13.5. The zero-order chi connectivity index (χ0) is 32.7. The van der Waals surface area contributed by atoms with Crippen molar-refractivity contribution < 1.29 is 29.0 Å². The van der Waals surface area contributed by atoms with Crippen molar-refractivity contribution in [2.75, 3.05) is 32.5 Å². The molecule has 1 fully saturated rings. The summed E-state index contributed by atoms with van der Waals surface area (Å²) in [4.78, 5) is 66.8. The van der Waals surface area contributed by atoms with Gasteiger partial charge < -0.3 is 29.5 Å². The van der Waals surface area contributed by atoms with Crippen molar-refractivity contribution in [2.45, 2.75) is 58.6 Å². The maximum atomic E-state index is 13.5. The van der Waals surface area contributed by atoms with Gasteiger partial charge in [0.25, 0.3) is 11.5 Å². The number of hydrogen-bond acceptors (Lipinski definition) is 6. The molecule has 0 spiro atoms. The summed E-state index contributed by atoms with van der Waals surface area (Å²) in [6, 6.07) is 10.4. The number of carboxylic acid groups (broad SMARTS) is 1. The summed E-state index contributed by atoms with van der Waals surface area (Å²) < 4.78 is 8.11. The van der Waals surface area contributed by atoms with Crippen molar-refractivity contribution in [3.8, 4) is 0 Å². The molecule has 1 aromatic carbocycles. The Morgan fingerprint density at radius 2 is 1.82 bits per heavy atom. The number of anilines is 1. The third kappa shape index (κ3) is 8.20. The van der Waals surface area contributed by atoms with Crippen LogP contribution in [0.2, 0.25) is 0 Å². The van der Waals surface area contributed by atoms with Crippen LogP contribution in [-0.2, 0) is 27.3 Å². The fourth-order valence-corrected chi connectivity index (χ4v) is 5.39. The number of hydrogen-bond donors (Lipinski definition) is 2. The number of likely N-dealkylation sites (tertiary alicyclic amines) is 1. The molecular formula is C33H41N5O7. The molecule has 2 N–H and O–H groups in total. The molecule has 0 bridgehead atoms. The van der Waals surface area contributed by atoms with Gasteiger partial charge in [-0.1, -0.05) is 38.1 Å². The summed E-state index contributed by atoms with van der Waals surface area (Å²) in [5.41, 5.74) is 1.31. The normalized spacial score (nSPS) is 13.8. The number of benzene rings is 1. The molecule has 3 aromatic rings. The second-order valence-electron chi connectivity index (χ2n) is 11.8. The van der Waals surface area contributed by atoms with Crippen LogP contribution in [0, 0.1) is 5.92 Å². The van der Waals surface area contributed by atoms with Crippen LogP contribution in [0.3, 0.4) is 0 Å². The van der Waals surface area contributed by atoms with E-state index in [9.17, 15) is 29.1 Å². The van der Waals surface area contributed by atoms with E-state index in [1.54, 1.807) is 32.3 Å². The number of amides is 3. The van der Waals surface area contributed by atoms with Crippen LogP contribution in [0.4, 0.5) is 15.3 Å². The third-order valence-corrected chi connectivity index (χ3v) is 7.61. The Bertz CT molecular complexity index is 1650. The number of nitrogens with zero attached hydrogens (tertiary/aromatic N) is 4. The number of pyridine rings is 1. The third-order valence-electron chi connectivity index (χ3n) is 7.61. The Hall–Kier alpha value is -4.87. The monoisotopic (exact) mass is 619 g/mol. The first-order valence-corrected chi connectivity index (χ1v) is 15.2. The molecule has 12 heteroatoms. The molecule has 3 amide bonds. The predicted octanol–water partition coefficient (Wildman–Crippen LogP) is 4.54. The highest BCUT2D eigenvalue weighted by Crippen LogP contribution is 2.26. The number of rotatable bonds is 11. The summed E-state index contributed by atoms with van der Waals surface area (Å²) in [5, 5.41) is 13.5. The second-order valence-corrected chi connectivity index (χ2v) is 11.8. The molecule has 2 aromatic heterocycles. The lowest BCUT2D eigenvalue weighted by Gasteiger charge is -2.21. The van der Waals surface area contributed by atoms with Crippen molar-refractivity contribution in [3.63, 3.8) is 0 Å².